The number of primary amides is 1. The summed E-state index contributed by atoms with van der Waals surface area (Å²) >= 11 is 0. The predicted octanol–water partition coefficient (Wildman–Crippen LogP) is 0.473. The number of anilines is 1. The lowest BCUT2D eigenvalue weighted by Gasteiger charge is -1.99. The Balaban J connectivity index is 3.00. The summed E-state index contributed by atoms with van der Waals surface area (Å²) < 4.78 is 0. The molecule has 4 nitrogen and oxygen atoms in total. The van der Waals surface area contributed by atoms with E-state index in [-0.39, 0.29) is 5.75 Å². The van der Waals surface area contributed by atoms with Crippen LogP contribution in [0, 0.1) is 0 Å². The first-order chi connectivity index (χ1) is 6.09. The van der Waals surface area contributed by atoms with Crippen LogP contribution < -0.4 is 11.5 Å². The minimum absolute atomic E-state index is 0.0618. The number of aromatic hydroxyl groups is 1. The number of phenols is 1. The molecule has 0 fully saturated rings. The van der Waals surface area contributed by atoms with Crippen molar-refractivity contribution in [3.63, 3.8) is 0 Å². The number of carbonyl (C=O) groups is 1. The van der Waals surface area contributed by atoms with E-state index in [1.54, 1.807) is 12.1 Å². The topological polar surface area (TPSA) is 89.3 Å². The van der Waals surface area contributed by atoms with E-state index >= 15 is 0 Å². The van der Waals surface area contributed by atoms with Crippen LogP contribution in [-0.4, -0.2) is 11.0 Å². The molecule has 0 aromatic heterocycles. The molecule has 1 amide bonds. The lowest BCUT2D eigenvalue weighted by molar-refractivity contribution is -0.113. The third-order valence-corrected chi connectivity index (χ3v) is 1.48. The molecule has 0 bridgehead atoms. The fraction of sp³-hybridized carbons (Fsp3) is 0. The summed E-state index contributed by atoms with van der Waals surface area (Å²) in [5.41, 5.74) is 11.3. The second kappa shape index (κ2) is 3.62. The molecule has 68 valence electrons. The summed E-state index contributed by atoms with van der Waals surface area (Å²) in [6.45, 7) is 0. The van der Waals surface area contributed by atoms with Gasteiger partial charge in [0.1, 0.15) is 5.75 Å². The number of nitrogens with two attached hydrogens (primary N) is 2. The molecular formula is C9H10N2O2. The maximum absolute atomic E-state index is 10.4. The van der Waals surface area contributed by atoms with E-state index in [2.05, 4.69) is 0 Å². The van der Waals surface area contributed by atoms with Gasteiger partial charge in [-0.2, -0.15) is 0 Å². The van der Waals surface area contributed by atoms with Gasteiger partial charge in [-0.25, -0.2) is 0 Å². The first-order valence-electron chi connectivity index (χ1n) is 3.65. The van der Waals surface area contributed by atoms with Crippen LogP contribution in [-0.2, 0) is 4.79 Å². The number of benzene rings is 1. The highest BCUT2D eigenvalue weighted by molar-refractivity contribution is 5.90. The smallest absolute Gasteiger partial charge is 0.241 e. The minimum atomic E-state index is -0.568. The van der Waals surface area contributed by atoms with Gasteiger partial charge in [0.25, 0.3) is 0 Å². The monoisotopic (exact) mass is 178 g/mol. The summed E-state index contributed by atoms with van der Waals surface area (Å²) in [7, 11) is 0. The molecule has 0 spiro atoms. The van der Waals surface area contributed by atoms with E-state index in [1.165, 1.54) is 12.1 Å². The lowest BCUT2D eigenvalue weighted by atomic mass is 10.1. The zero-order valence-electron chi connectivity index (χ0n) is 6.90. The highest BCUT2D eigenvalue weighted by atomic mass is 16.3. The Morgan fingerprint density at radius 1 is 1.46 bits per heavy atom. The Morgan fingerprint density at radius 3 is 2.77 bits per heavy atom. The SMILES string of the molecule is NC(=O)C=Cc1cc(N)ccc1O. The maximum atomic E-state index is 10.4. The van der Waals surface area contributed by atoms with Crippen molar-refractivity contribution in [3.8, 4) is 5.75 Å². The van der Waals surface area contributed by atoms with Gasteiger partial charge in [-0.05, 0) is 24.3 Å². The molecule has 0 aliphatic carbocycles. The number of rotatable bonds is 2. The van der Waals surface area contributed by atoms with Crippen molar-refractivity contribution in [1.82, 2.24) is 0 Å². The highest BCUT2D eigenvalue weighted by Gasteiger charge is 1.97. The summed E-state index contributed by atoms with van der Waals surface area (Å²) in [6.07, 6.45) is 2.57. The third-order valence-electron chi connectivity index (χ3n) is 1.48. The van der Waals surface area contributed by atoms with Crippen LogP contribution in [0.5, 0.6) is 5.75 Å². The molecule has 4 heteroatoms. The van der Waals surface area contributed by atoms with Crippen molar-refractivity contribution in [1.29, 1.82) is 0 Å². The predicted molar refractivity (Wildman–Crippen MR) is 50.7 cm³/mol. The second-order valence-electron chi connectivity index (χ2n) is 2.55. The van der Waals surface area contributed by atoms with Crippen LogP contribution in [0.15, 0.2) is 24.3 Å². The number of hydrogen-bond donors (Lipinski definition) is 3. The second-order valence-corrected chi connectivity index (χ2v) is 2.55. The van der Waals surface area contributed by atoms with Gasteiger partial charge in [-0.1, -0.05) is 0 Å². The number of nitrogen functional groups attached to an aromatic ring is 1. The Labute approximate surface area is 75.5 Å². The summed E-state index contributed by atoms with van der Waals surface area (Å²) in [5.74, 6) is -0.506. The third kappa shape index (κ3) is 2.52. The van der Waals surface area contributed by atoms with Gasteiger partial charge < -0.3 is 16.6 Å². The maximum Gasteiger partial charge on any atom is 0.241 e. The zero-order valence-corrected chi connectivity index (χ0v) is 6.90. The van der Waals surface area contributed by atoms with Gasteiger partial charge in [0, 0.05) is 17.3 Å². The molecular weight excluding hydrogens is 168 g/mol. The van der Waals surface area contributed by atoms with Gasteiger partial charge >= 0.3 is 0 Å². The van der Waals surface area contributed by atoms with Crippen LogP contribution in [0.4, 0.5) is 5.69 Å². The standard InChI is InChI=1S/C9H10N2O2/c10-7-2-3-8(12)6(5-7)1-4-9(11)13/h1-5,12H,10H2,(H2,11,13). The van der Waals surface area contributed by atoms with Crippen molar-refractivity contribution in [2.24, 2.45) is 5.73 Å². The molecule has 0 radical (unpaired) electrons. The van der Waals surface area contributed by atoms with Crippen LogP contribution in [0.2, 0.25) is 0 Å². The molecule has 5 N–H and O–H groups in total. The molecule has 0 atom stereocenters. The van der Waals surface area contributed by atoms with E-state index in [9.17, 15) is 9.90 Å². The molecule has 0 saturated heterocycles. The fourth-order valence-electron chi connectivity index (χ4n) is 0.878. The van der Waals surface area contributed by atoms with Crippen LogP contribution in [0.3, 0.4) is 0 Å². The average molecular weight is 178 g/mol. The minimum Gasteiger partial charge on any atom is -0.507 e. The van der Waals surface area contributed by atoms with Crippen molar-refractivity contribution in [3.05, 3.63) is 29.8 Å². The van der Waals surface area contributed by atoms with Crippen LogP contribution in [0.1, 0.15) is 5.56 Å². The first kappa shape index (κ1) is 9.12. The number of carbonyl (C=O) groups excluding carboxylic acids is 1. The van der Waals surface area contributed by atoms with E-state index < -0.39 is 5.91 Å². The van der Waals surface area contributed by atoms with Crippen molar-refractivity contribution in [2.45, 2.75) is 0 Å². The van der Waals surface area contributed by atoms with Crippen molar-refractivity contribution < 1.29 is 9.90 Å². The van der Waals surface area contributed by atoms with E-state index in [0.717, 1.165) is 6.08 Å². The van der Waals surface area contributed by atoms with Crippen molar-refractivity contribution >= 4 is 17.7 Å². The molecule has 0 saturated carbocycles. The molecule has 1 aromatic carbocycles. The Kier molecular flexibility index (Phi) is 2.54. The number of hydrogen-bond acceptors (Lipinski definition) is 3. The van der Waals surface area contributed by atoms with Gasteiger partial charge in [0.15, 0.2) is 0 Å². The fourth-order valence-corrected chi connectivity index (χ4v) is 0.878. The Bertz CT molecular complexity index is 359. The van der Waals surface area contributed by atoms with Gasteiger partial charge in [-0.3, -0.25) is 4.79 Å². The average Bonchev–Trinajstić information content (AvgIpc) is 2.06. The van der Waals surface area contributed by atoms with Gasteiger partial charge in [0.2, 0.25) is 5.91 Å². The highest BCUT2D eigenvalue weighted by Crippen LogP contribution is 2.20. The zero-order chi connectivity index (χ0) is 9.84. The van der Waals surface area contributed by atoms with Gasteiger partial charge in [-0.15, -0.1) is 0 Å². The molecule has 1 rings (SSSR count). The number of amides is 1. The quantitative estimate of drug-likeness (QED) is 0.349. The molecule has 0 aliphatic rings. The molecule has 1 aromatic rings. The van der Waals surface area contributed by atoms with E-state index in [4.69, 9.17) is 11.5 Å². The lowest BCUT2D eigenvalue weighted by Crippen LogP contribution is -2.05. The van der Waals surface area contributed by atoms with E-state index in [0.29, 0.717) is 11.3 Å². The van der Waals surface area contributed by atoms with Crippen molar-refractivity contribution in [2.75, 3.05) is 5.73 Å². The molecule has 0 heterocycles. The normalized spacial score (nSPS) is 10.5. The summed E-state index contributed by atoms with van der Waals surface area (Å²) in [5, 5.41) is 9.29. The van der Waals surface area contributed by atoms with Crippen LogP contribution in [0.25, 0.3) is 6.08 Å². The Hall–Kier alpha value is -1.97. The van der Waals surface area contributed by atoms with Crippen LogP contribution >= 0.6 is 0 Å². The summed E-state index contributed by atoms with van der Waals surface area (Å²) in [4.78, 5) is 10.4. The van der Waals surface area contributed by atoms with Gasteiger partial charge in [0.05, 0.1) is 0 Å². The number of phenolic OH excluding ortho intramolecular Hbond substituents is 1. The largest absolute Gasteiger partial charge is 0.507 e. The molecule has 0 aliphatic heterocycles. The first-order valence-corrected chi connectivity index (χ1v) is 3.65. The molecule has 13 heavy (non-hydrogen) atoms. The summed E-state index contributed by atoms with van der Waals surface area (Å²) in [6, 6.07) is 4.57. The molecule has 0 unspecified atom stereocenters. The Morgan fingerprint density at radius 2 is 2.15 bits per heavy atom. The van der Waals surface area contributed by atoms with E-state index in [1.807, 2.05) is 0 Å².